The van der Waals surface area contributed by atoms with E-state index in [9.17, 15) is 4.79 Å². The maximum absolute atomic E-state index is 12.1. The molecular formula is C19H21ClN6OS. The Morgan fingerprint density at radius 3 is 2.68 bits per heavy atom. The van der Waals surface area contributed by atoms with Crippen molar-refractivity contribution in [1.29, 1.82) is 0 Å². The van der Waals surface area contributed by atoms with Gasteiger partial charge in [0.1, 0.15) is 0 Å². The zero-order chi connectivity index (χ0) is 18.5. The lowest BCUT2D eigenvalue weighted by molar-refractivity contribution is -0.117. The summed E-state index contributed by atoms with van der Waals surface area (Å²) in [6.45, 7) is 0.648. The number of nitrogens with one attached hydrogen (secondary N) is 2. The molecule has 2 N–H and O–H groups in total. The van der Waals surface area contributed by atoms with Crippen LogP contribution in [-0.2, 0) is 17.8 Å². The topological polar surface area (TPSA) is 84.7 Å². The van der Waals surface area contributed by atoms with E-state index in [0.717, 1.165) is 34.9 Å². The van der Waals surface area contributed by atoms with Gasteiger partial charge in [-0.25, -0.2) is 0 Å². The van der Waals surface area contributed by atoms with Gasteiger partial charge in [0.25, 0.3) is 0 Å². The number of carbonyl (C=O) groups is 1. The van der Waals surface area contributed by atoms with Crippen LogP contribution >= 0.6 is 24.2 Å². The van der Waals surface area contributed by atoms with E-state index in [0.29, 0.717) is 12.4 Å². The first-order valence-electron chi connectivity index (χ1n) is 8.82. The van der Waals surface area contributed by atoms with Crippen molar-refractivity contribution in [3.63, 3.8) is 0 Å². The van der Waals surface area contributed by atoms with E-state index in [-0.39, 0.29) is 24.4 Å². The van der Waals surface area contributed by atoms with E-state index in [1.54, 1.807) is 16.6 Å². The summed E-state index contributed by atoms with van der Waals surface area (Å²) in [5.74, 6) is 2.31. The normalized spacial score (nSPS) is 15.8. The molecule has 1 aliphatic rings. The average Bonchev–Trinajstić information content (AvgIpc) is 3.40. The van der Waals surface area contributed by atoms with Crippen LogP contribution in [0.3, 0.4) is 0 Å². The third kappa shape index (κ3) is 5.09. The lowest BCUT2D eigenvalue weighted by atomic mass is 10.1. The fraction of sp³-hybridized carbons (Fsp3) is 0.263. The molecule has 2 aromatic carbocycles. The summed E-state index contributed by atoms with van der Waals surface area (Å²) in [6, 6.07) is 17.6. The van der Waals surface area contributed by atoms with E-state index < -0.39 is 0 Å². The maximum atomic E-state index is 12.1. The number of anilines is 1. The van der Waals surface area contributed by atoms with E-state index in [1.807, 2.05) is 54.6 Å². The standard InChI is InChI=1S/C19H20N6OS.ClH/c26-19(17-12-27-13-20-17)21-16-8-6-14(7-9-16)10-11-25-23-18(22-24-25)15-4-2-1-3-5-15;/h1-9,17,20H,10-13H2,(H,21,26);1H. The summed E-state index contributed by atoms with van der Waals surface area (Å²) in [5.41, 5.74) is 2.92. The highest BCUT2D eigenvalue weighted by Crippen LogP contribution is 2.15. The zero-order valence-electron chi connectivity index (χ0n) is 15.1. The second-order valence-corrected chi connectivity index (χ2v) is 7.31. The second-order valence-electron chi connectivity index (χ2n) is 6.28. The Morgan fingerprint density at radius 1 is 1.18 bits per heavy atom. The molecule has 1 saturated heterocycles. The first-order valence-corrected chi connectivity index (χ1v) is 9.97. The minimum atomic E-state index is -0.105. The third-order valence-corrected chi connectivity index (χ3v) is 5.28. The Bertz CT molecular complexity index is 896. The number of hydrogen-bond acceptors (Lipinski definition) is 6. The van der Waals surface area contributed by atoms with Gasteiger partial charge in [0.15, 0.2) is 0 Å². The van der Waals surface area contributed by atoms with Gasteiger partial charge in [0.05, 0.1) is 12.6 Å². The molecule has 0 bridgehead atoms. The van der Waals surface area contributed by atoms with Gasteiger partial charge in [-0.1, -0.05) is 42.5 Å². The Labute approximate surface area is 173 Å². The van der Waals surface area contributed by atoms with Gasteiger partial charge in [-0.2, -0.15) is 4.80 Å². The predicted octanol–water partition coefficient (Wildman–Crippen LogP) is 2.61. The van der Waals surface area contributed by atoms with Gasteiger partial charge in [-0.05, 0) is 29.3 Å². The summed E-state index contributed by atoms with van der Waals surface area (Å²) < 4.78 is 0. The molecule has 28 heavy (non-hydrogen) atoms. The van der Waals surface area contributed by atoms with Crippen molar-refractivity contribution in [3.05, 3.63) is 60.2 Å². The summed E-state index contributed by atoms with van der Waals surface area (Å²) in [5, 5.41) is 18.8. The van der Waals surface area contributed by atoms with Crippen molar-refractivity contribution in [3.8, 4) is 11.4 Å². The number of benzene rings is 2. The van der Waals surface area contributed by atoms with Gasteiger partial charge in [0, 0.05) is 22.9 Å². The van der Waals surface area contributed by atoms with Gasteiger partial charge in [0.2, 0.25) is 11.7 Å². The molecule has 9 heteroatoms. The Morgan fingerprint density at radius 2 is 1.96 bits per heavy atom. The Hall–Kier alpha value is -2.42. The number of amides is 1. The van der Waals surface area contributed by atoms with Crippen LogP contribution in [0.15, 0.2) is 54.6 Å². The van der Waals surface area contributed by atoms with E-state index >= 15 is 0 Å². The molecule has 3 aromatic rings. The van der Waals surface area contributed by atoms with Gasteiger partial charge < -0.3 is 5.32 Å². The van der Waals surface area contributed by atoms with E-state index in [2.05, 4.69) is 26.0 Å². The molecule has 0 saturated carbocycles. The molecule has 1 aromatic heterocycles. The van der Waals surface area contributed by atoms with Crippen LogP contribution in [0.25, 0.3) is 11.4 Å². The number of rotatable bonds is 6. The fourth-order valence-electron chi connectivity index (χ4n) is 2.82. The molecule has 1 atom stereocenters. The van der Waals surface area contributed by atoms with Crippen LogP contribution in [0.2, 0.25) is 0 Å². The van der Waals surface area contributed by atoms with Gasteiger partial charge in [-0.3, -0.25) is 10.1 Å². The highest BCUT2D eigenvalue weighted by Gasteiger charge is 2.22. The number of thioether (sulfide) groups is 1. The monoisotopic (exact) mass is 416 g/mol. The number of tetrazole rings is 1. The highest BCUT2D eigenvalue weighted by molar-refractivity contribution is 7.99. The molecule has 1 unspecified atom stereocenters. The number of hydrogen-bond donors (Lipinski definition) is 2. The first kappa shape index (κ1) is 20.3. The Kier molecular flexibility index (Phi) is 7.02. The predicted molar refractivity (Wildman–Crippen MR) is 114 cm³/mol. The molecule has 1 aliphatic heterocycles. The molecule has 2 heterocycles. The number of carbonyl (C=O) groups excluding carboxylic acids is 1. The number of halogens is 1. The van der Waals surface area contributed by atoms with Crippen molar-refractivity contribution < 1.29 is 4.79 Å². The number of aromatic nitrogens is 4. The van der Waals surface area contributed by atoms with Crippen LogP contribution in [-0.4, -0.2) is 43.8 Å². The molecule has 0 aliphatic carbocycles. The second kappa shape index (κ2) is 9.68. The summed E-state index contributed by atoms with van der Waals surface area (Å²) in [6.07, 6.45) is 0.791. The molecule has 0 spiro atoms. The summed E-state index contributed by atoms with van der Waals surface area (Å²) in [4.78, 5) is 13.7. The van der Waals surface area contributed by atoms with Crippen LogP contribution in [0.5, 0.6) is 0 Å². The minimum absolute atomic E-state index is 0. The quantitative estimate of drug-likeness (QED) is 0.642. The smallest absolute Gasteiger partial charge is 0.242 e. The van der Waals surface area contributed by atoms with Crippen LogP contribution in [0.4, 0.5) is 5.69 Å². The van der Waals surface area contributed by atoms with E-state index in [1.165, 1.54) is 0 Å². The van der Waals surface area contributed by atoms with Crippen LogP contribution < -0.4 is 10.6 Å². The average molecular weight is 417 g/mol. The highest BCUT2D eigenvalue weighted by atomic mass is 35.5. The molecule has 7 nitrogen and oxygen atoms in total. The summed E-state index contributed by atoms with van der Waals surface area (Å²) in [7, 11) is 0. The van der Waals surface area contributed by atoms with Crippen LogP contribution in [0.1, 0.15) is 5.56 Å². The van der Waals surface area contributed by atoms with Crippen molar-refractivity contribution >= 4 is 35.8 Å². The Balaban J connectivity index is 0.00000225. The first-order chi connectivity index (χ1) is 13.3. The van der Waals surface area contributed by atoms with Crippen molar-refractivity contribution in [2.24, 2.45) is 0 Å². The van der Waals surface area contributed by atoms with Crippen molar-refractivity contribution in [2.75, 3.05) is 16.9 Å². The molecule has 0 radical (unpaired) electrons. The SMILES string of the molecule is Cl.O=C(Nc1ccc(CCn2nnc(-c3ccccc3)n2)cc1)C1CSCN1. The van der Waals surface area contributed by atoms with Crippen molar-refractivity contribution in [1.82, 2.24) is 25.5 Å². The van der Waals surface area contributed by atoms with Crippen molar-refractivity contribution in [2.45, 2.75) is 19.0 Å². The molecule has 1 fully saturated rings. The lowest BCUT2D eigenvalue weighted by Gasteiger charge is -2.11. The molecular weight excluding hydrogens is 396 g/mol. The third-order valence-electron chi connectivity index (χ3n) is 4.34. The molecule has 1 amide bonds. The maximum Gasteiger partial charge on any atom is 0.242 e. The van der Waals surface area contributed by atoms with Gasteiger partial charge >= 0.3 is 0 Å². The fourth-order valence-corrected chi connectivity index (χ4v) is 3.76. The van der Waals surface area contributed by atoms with Crippen LogP contribution in [0, 0.1) is 0 Å². The number of nitrogens with zero attached hydrogens (tertiary/aromatic N) is 4. The molecule has 146 valence electrons. The lowest BCUT2D eigenvalue weighted by Crippen LogP contribution is -2.37. The summed E-state index contributed by atoms with van der Waals surface area (Å²) >= 11 is 1.74. The molecule has 4 rings (SSSR count). The van der Waals surface area contributed by atoms with E-state index in [4.69, 9.17) is 0 Å². The van der Waals surface area contributed by atoms with Gasteiger partial charge in [-0.15, -0.1) is 34.4 Å². The minimum Gasteiger partial charge on any atom is -0.325 e. The largest absolute Gasteiger partial charge is 0.325 e. The number of aryl methyl sites for hydroxylation is 2. The zero-order valence-corrected chi connectivity index (χ0v) is 16.7.